The highest BCUT2D eigenvalue weighted by atomic mass is 16.2. The molecule has 4 rings (SSSR count). The fraction of sp³-hybridized carbons (Fsp3) is 0.423. The summed E-state index contributed by atoms with van der Waals surface area (Å²) in [7, 11) is 0. The van der Waals surface area contributed by atoms with Crippen LogP contribution in [0.5, 0.6) is 0 Å². The third-order valence-corrected chi connectivity index (χ3v) is 6.87. The summed E-state index contributed by atoms with van der Waals surface area (Å²) < 4.78 is 0. The molecule has 0 saturated carbocycles. The molecule has 0 spiro atoms. The van der Waals surface area contributed by atoms with Crippen molar-refractivity contribution in [3.05, 3.63) is 65.2 Å². The van der Waals surface area contributed by atoms with Gasteiger partial charge in [0.25, 0.3) is 0 Å². The minimum atomic E-state index is -0.468. The van der Waals surface area contributed by atoms with E-state index in [4.69, 9.17) is 5.73 Å². The topological polar surface area (TPSA) is 79.0 Å². The highest BCUT2D eigenvalue weighted by Gasteiger charge is 2.38. The Morgan fingerprint density at radius 3 is 2.50 bits per heavy atom. The maximum absolute atomic E-state index is 12.9. The third kappa shape index (κ3) is 4.27. The number of hydrogen-bond acceptors (Lipinski definition) is 4. The van der Waals surface area contributed by atoms with E-state index in [-0.39, 0.29) is 29.6 Å². The number of aliphatic imine (C=N–C) groups is 1. The smallest absolute Gasteiger partial charge is 0.232 e. The Kier molecular flexibility index (Phi) is 5.80. The highest BCUT2D eigenvalue weighted by molar-refractivity contribution is 5.99. The lowest BCUT2D eigenvalue weighted by Gasteiger charge is -2.37. The SMILES string of the molecule is Cc1cc(CN2C(=O)C[C@@](C)(C(C)C)N=C2N)cc(N2C[C@@H](c3ccccc3)CC2=O)c1. The number of aryl methyl sites for hydroxylation is 1. The Bertz CT molecular complexity index is 1060. The molecule has 2 aliphatic heterocycles. The molecule has 1 saturated heterocycles. The Balaban J connectivity index is 1.56. The normalized spacial score (nSPS) is 23.8. The Labute approximate surface area is 190 Å². The van der Waals surface area contributed by atoms with Gasteiger partial charge in [-0.3, -0.25) is 14.5 Å². The van der Waals surface area contributed by atoms with E-state index in [0.717, 1.165) is 16.8 Å². The van der Waals surface area contributed by atoms with Gasteiger partial charge in [-0.2, -0.15) is 0 Å². The second-order valence-electron chi connectivity index (χ2n) is 9.63. The van der Waals surface area contributed by atoms with Crippen LogP contribution in [0.15, 0.2) is 53.5 Å². The van der Waals surface area contributed by atoms with Crippen molar-refractivity contribution in [1.82, 2.24) is 4.90 Å². The highest BCUT2D eigenvalue weighted by Crippen LogP contribution is 2.34. The summed E-state index contributed by atoms with van der Waals surface area (Å²) >= 11 is 0. The van der Waals surface area contributed by atoms with Gasteiger partial charge in [0, 0.05) is 24.6 Å². The van der Waals surface area contributed by atoms with Crippen molar-refractivity contribution in [2.24, 2.45) is 16.6 Å². The van der Waals surface area contributed by atoms with Crippen molar-refractivity contribution >= 4 is 23.5 Å². The van der Waals surface area contributed by atoms with Gasteiger partial charge in [0.2, 0.25) is 11.8 Å². The van der Waals surface area contributed by atoms with E-state index >= 15 is 0 Å². The maximum atomic E-state index is 12.9. The second kappa shape index (κ2) is 8.41. The van der Waals surface area contributed by atoms with Crippen molar-refractivity contribution in [2.75, 3.05) is 11.4 Å². The zero-order valence-electron chi connectivity index (χ0n) is 19.3. The van der Waals surface area contributed by atoms with Crippen LogP contribution in [0.1, 0.15) is 56.2 Å². The number of benzene rings is 2. The number of carbonyl (C=O) groups is 2. The van der Waals surface area contributed by atoms with E-state index < -0.39 is 5.54 Å². The number of hydrogen-bond donors (Lipinski definition) is 1. The molecule has 2 amide bonds. The summed E-state index contributed by atoms with van der Waals surface area (Å²) in [5.41, 5.74) is 9.80. The third-order valence-electron chi connectivity index (χ3n) is 6.87. The molecule has 0 bridgehead atoms. The van der Waals surface area contributed by atoms with Gasteiger partial charge in [-0.05, 0) is 48.6 Å². The average Bonchev–Trinajstić information content (AvgIpc) is 3.13. The Hall–Kier alpha value is -3.15. The van der Waals surface area contributed by atoms with E-state index in [1.54, 1.807) is 4.90 Å². The summed E-state index contributed by atoms with van der Waals surface area (Å²) in [6.07, 6.45) is 0.846. The molecule has 0 radical (unpaired) electrons. The average molecular weight is 433 g/mol. The number of guanidine groups is 1. The van der Waals surface area contributed by atoms with Crippen molar-refractivity contribution in [3.63, 3.8) is 0 Å². The van der Waals surface area contributed by atoms with Crippen LogP contribution in [-0.2, 0) is 16.1 Å². The summed E-state index contributed by atoms with van der Waals surface area (Å²) in [5.74, 6) is 0.780. The number of nitrogens with two attached hydrogens (primary N) is 1. The largest absolute Gasteiger partial charge is 0.369 e. The first-order chi connectivity index (χ1) is 15.2. The first-order valence-corrected chi connectivity index (χ1v) is 11.3. The predicted molar refractivity (Wildman–Crippen MR) is 127 cm³/mol. The second-order valence-corrected chi connectivity index (χ2v) is 9.63. The number of carbonyl (C=O) groups excluding carboxylic acids is 2. The van der Waals surface area contributed by atoms with Crippen LogP contribution in [0.3, 0.4) is 0 Å². The van der Waals surface area contributed by atoms with E-state index in [9.17, 15) is 9.59 Å². The maximum Gasteiger partial charge on any atom is 0.232 e. The van der Waals surface area contributed by atoms with Crippen LogP contribution in [0, 0.1) is 12.8 Å². The van der Waals surface area contributed by atoms with E-state index in [2.05, 4.69) is 31.0 Å². The van der Waals surface area contributed by atoms with Crippen LogP contribution in [0.4, 0.5) is 5.69 Å². The van der Waals surface area contributed by atoms with Crippen molar-refractivity contribution in [3.8, 4) is 0 Å². The van der Waals surface area contributed by atoms with Gasteiger partial charge in [0.15, 0.2) is 5.96 Å². The fourth-order valence-electron chi connectivity index (χ4n) is 4.57. The van der Waals surface area contributed by atoms with Gasteiger partial charge in [-0.25, -0.2) is 4.99 Å². The standard InChI is InChI=1S/C26H32N4O2/c1-17(2)26(4)14-24(32)30(25(27)28-26)15-19-10-18(3)11-22(12-19)29-16-21(13-23(29)31)20-8-6-5-7-9-20/h5-12,17,21H,13-16H2,1-4H3,(H2,27,28)/t21-,26-/m0/s1. The van der Waals surface area contributed by atoms with E-state index in [0.29, 0.717) is 25.9 Å². The molecule has 1 fully saturated rings. The molecule has 0 aliphatic carbocycles. The van der Waals surface area contributed by atoms with Crippen molar-refractivity contribution < 1.29 is 9.59 Å². The fourth-order valence-corrected chi connectivity index (χ4v) is 4.57. The van der Waals surface area contributed by atoms with Crippen LogP contribution in [0.25, 0.3) is 0 Å². The zero-order valence-corrected chi connectivity index (χ0v) is 19.3. The molecular formula is C26H32N4O2. The van der Waals surface area contributed by atoms with Gasteiger partial charge in [-0.1, -0.05) is 50.2 Å². The molecule has 2 heterocycles. The molecule has 2 atom stereocenters. The minimum absolute atomic E-state index is 0.0156. The summed E-state index contributed by atoms with van der Waals surface area (Å²) in [4.78, 5) is 33.8. The molecule has 2 aliphatic rings. The Morgan fingerprint density at radius 1 is 1.12 bits per heavy atom. The molecular weight excluding hydrogens is 400 g/mol. The van der Waals surface area contributed by atoms with Gasteiger partial charge in [-0.15, -0.1) is 0 Å². The first kappa shape index (κ1) is 22.1. The van der Waals surface area contributed by atoms with Crippen LogP contribution >= 0.6 is 0 Å². The molecule has 32 heavy (non-hydrogen) atoms. The van der Waals surface area contributed by atoms with Gasteiger partial charge in [0.05, 0.1) is 18.5 Å². The molecule has 0 unspecified atom stereocenters. The summed E-state index contributed by atoms with van der Waals surface area (Å²) in [5, 5.41) is 0. The lowest BCUT2D eigenvalue weighted by Crippen LogP contribution is -2.51. The lowest BCUT2D eigenvalue weighted by molar-refractivity contribution is -0.130. The minimum Gasteiger partial charge on any atom is -0.369 e. The number of rotatable bonds is 5. The van der Waals surface area contributed by atoms with Gasteiger partial charge in [0.1, 0.15) is 0 Å². The molecule has 168 valence electrons. The molecule has 6 heteroatoms. The molecule has 6 nitrogen and oxygen atoms in total. The predicted octanol–water partition coefficient (Wildman–Crippen LogP) is 3.98. The number of nitrogens with zero attached hydrogens (tertiary/aromatic N) is 3. The van der Waals surface area contributed by atoms with E-state index in [1.165, 1.54) is 5.56 Å². The van der Waals surface area contributed by atoms with E-state index in [1.807, 2.05) is 55.1 Å². The molecule has 0 aromatic heterocycles. The van der Waals surface area contributed by atoms with Gasteiger partial charge >= 0.3 is 0 Å². The van der Waals surface area contributed by atoms with Crippen LogP contribution in [-0.4, -0.2) is 34.8 Å². The number of anilines is 1. The van der Waals surface area contributed by atoms with Gasteiger partial charge < -0.3 is 10.6 Å². The first-order valence-electron chi connectivity index (χ1n) is 11.3. The summed E-state index contributed by atoms with van der Waals surface area (Å²) in [6, 6.07) is 16.2. The zero-order chi connectivity index (χ0) is 23.0. The molecule has 2 aromatic rings. The quantitative estimate of drug-likeness (QED) is 0.776. The molecule has 2 N–H and O–H groups in total. The van der Waals surface area contributed by atoms with Crippen molar-refractivity contribution in [2.45, 2.75) is 58.5 Å². The number of amides is 2. The van der Waals surface area contributed by atoms with Crippen LogP contribution < -0.4 is 10.6 Å². The monoisotopic (exact) mass is 432 g/mol. The lowest BCUT2D eigenvalue weighted by atomic mass is 9.84. The Morgan fingerprint density at radius 2 is 1.84 bits per heavy atom. The van der Waals surface area contributed by atoms with Crippen molar-refractivity contribution in [1.29, 1.82) is 0 Å². The van der Waals surface area contributed by atoms with Crippen LogP contribution in [0.2, 0.25) is 0 Å². The summed E-state index contributed by atoms with van der Waals surface area (Å²) in [6.45, 7) is 9.11. The molecule has 2 aromatic carbocycles.